The third kappa shape index (κ3) is 2.53. The minimum absolute atomic E-state index is 0.0683. The van der Waals surface area contributed by atoms with Crippen LogP contribution in [0.15, 0.2) is 0 Å². The number of ether oxygens (including phenoxy) is 1. The van der Waals surface area contributed by atoms with Gasteiger partial charge in [-0.05, 0) is 6.42 Å². The highest BCUT2D eigenvalue weighted by atomic mass is 32.2. The van der Waals surface area contributed by atoms with E-state index in [1.54, 1.807) is 0 Å². The number of rotatable bonds is 2. The summed E-state index contributed by atoms with van der Waals surface area (Å²) in [6, 6.07) is 0. The van der Waals surface area contributed by atoms with E-state index >= 15 is 0 Å². The largest absolute Gasteiger partial charge is 0.374 e. The molecule has 7 heteroatoms. The van der Waals surface area contributed by atoms with Gasteiger partial charge in [-0.2, -0.15) is 0 Å². The van der Waals surface area contributed by atoms with Crippen LogP contribution in [0.5, 0.6) is 0 Å². The Labute approximate surface area is 95.0 Å². The maximum atomic E-state index is 11.7. The molecule has 1 unspecified atom stereocenters. The van der Waals surface area contributed by atoms with Gasteiger partial charge in [0.2, 0.25) is 15.9 Å². The highest BCUT2D eigenvalue weighted by Gasteiger charge is 2.33. The number of carbonyl (C=O) groups is 1. The molecule has 1 atom stereocenters. The lowest BCUT2D eigenvalue weighted by Crippen LogP contribution is -2.50. The van der Waals surface area contributed by atoms with Gasteiger partial charge in [-0.25, -0.2) is 12.7 Å². The van der Waals surface area contributed by atoms with Crippen molar-refractivity contribution in [2.24, 2.45) is 0 Å². The van der Waals surface area contributed by atoms with Crippen LogP contribution < -0.4 is 5.32 Å². The Balaban J connectivity index is 2.02. The topological polar surface area (TPSA) is 75.7 Å². The summed E-state index contributed by atoms with van der Waals surface area (Å²) in [7, 11) is -3.40. The zero-order valence-corrected chi connectivity index (χ0v) is 9.83. The Morgan fingerprint density at radius 1 is 1.50 bits per heavy atom. The maximum absolute atomic E-state index is 11.7. The highest BCUT2D eigenvalue weighted by molar-refractivity contribution is 7.89. The molecule has 2 rings (SSSR count). The van der Waals surface area contributed by atoms with E-state index in [1.807, 2.05) is 0 Å². The minimum atomic E-state index is -3.40. The summed E-state index contributed by atoms with van der Waals surface area (Å²) < 4.78 is 29.8. The summed E-state index contributed by atoms with van der Waals surface area (Å²) in [6.07, 6.45) is 0.534. The fourth-order valence-electron chi connectivity index (χ4n) is 1.93. The molecule has 0 aromatic rings. The molecule has 0 aromatic carbocycles. The smallest absolute Gasteiger partial charge is 0.237 e. The van der Waals surface area contributed by atoms with Crippen LogP contribution in [0, 0.1) is 0 Å². The Morgan fingerprint density at radius 2 is 2.31 bits per heavy atom. The van der Waals surface area contributed by atoms with Crippen molar-refractivity contribution in [1.29, 1.82) is 0 Å². The third-order valence-electron chi connectivity index (χ3n) is 2.78. The Bertz CT molecular complexity index is 362. The van der Waals surface area contributed by atoms with Crippen LogP contribution in [0.2, 0.25) is 0 Å². The summed E-state index contributed by atoms with van der Waals surface area (Å²) >= 11 is 0. The molecule has 2 saturated heterocycles. The molecule has 2 heterocycles. The molecular weight excluding hydrogens is 232 g/mol. The molecular formula is C9H16N2O4S. The lowest BCUT2D eigenvalue weighted by molar-refractivity contribution is -0.128. The van der Waals surface area contributed by atoms with Crippen molar-refractivity contribution in [3.8, 4) is 0 Å². The second kappa shape index (κ2) is 4.68. The average Bonchev–Trinajstić information content (AvgIpc) is 2.25. The molecule has 2 aliphatic heterocycles. The van der Waals surface area contributed by atoms with E-state index < -0.39 is 10.0 Å². The SMILES string of the molecule is O=C1CCCS(=O)(=O)N1CC1CNCCO1. The third-order valence-corrected chi connectivity index (χ3v) is 4.61. The van der Waals surface area contributed by atoms with Gasteiger partial charge in [0.1, 0.15) is 0 Å². The number of nitrogens with one attached hydrogen (secondary N) is 1. The molecule has 0 radical (unpaired) electrons. The van der Waals surface area contributed by atoms with Crippen LogP contribution in [-0.2, 0) is 19.6 Å². The summed E-state index contributed by atoms with van der Waals surface area (Å²) in [6.45, 7) is 2.08. The second-order valence-electron chi connectivity index (χ2n) is 4.04. The Kier molecular flexibility index (Phi) is 3.46. The van der Waals surface area contributed by atoms with Crippen molar-refractivity contribution in [3.05, 3.63) is 0 Å². The van der Waals surface area contributed by atoms with Gasteiger partial charge in [0.05, 0.1) is 25.0 Å². The van der Waals surface area contributed by atoms with Gasteiger partial charge in [0.15, 0.2) is 0 Å². The van der Waals surface area contributed by atoms with E-state index in [2.05, 4.69) is 5.32 Å². The number of hydrogen-bond acceptors (Lipinski definition) is 5. The minimum Gasteiger partial charge on any atom is -0.374 e. The van der Waals surface area contributed by atoms with Crippen molar-refractivity contribution in [3.63, 3.8) is 0 Å². The highest BCUT2D eigenvalue weighted by Crippen LogP contribution is 2.16. The standard InChI is InChI=1S/C9H16N2O4S/c12-9-2-1-5-16(13,14)11(9)7-8-6-10-3-4-15-8/h8,10H,1-7H2. The number of morpholine rings is 1. The number of amides is 1. The van der Waals surface area contributed by atoms with E-state index in [1.165, 1.54) is 0 Å². The van der Waals surface area contributed by atoms with Crippen LogP contribution in [-0.4, -0.2) is 56.7 Å². The molecule has 2 aliphatic rings. The van der Waals surface area contributed by atoms with Crippen molar-refractivity contribution in [2.45, 2.75) is 18.9 Å². The molecule has 1 N–H and O–H groups in total. The molecule has 0 saturated carbocycles. The summed E-state index contributed by atoms with van der Waals surface area (Å²) in [4.78, 5) is 11.6. The molecule has 0 aromatic heterocycles. The van der Waals surface area contributed by atoms with Gasteiger partial charge in [-0.15, -0.1) is 0 Å². The van der Waals surface area contributed by atoms with Gasteiger partial charge >= 0.3 is 0 Å². The maximum Gasteiger partial charge on any atom is 0.237 e. The van der Waals surface area contributed by atoms with Crippen LogP contribution >= 0.6 is 0 Å². The molecule has 0 spiro atoms. The fourth-order valence-corrected chi connectivity index (χ4v) is 3.46. The molecule has 0 bridgehead atoms. The van der Waals surface area contributed by atoms with E-state index in [0.29, 0.717) is 26.0 Å². The van der Waals surface area contributed by atoms with E-state index in [0.717, 1.165) is 10.8 Å². The number of sulfonamides is 1. The lowest BCUT2D eigenvalue weighted by Gasteiger charge is -2.31. The van der Waals surface area contributed by atoms with Gasteiger partial charge in [-0.1, -0.05) is 0 Å². The van der Waals surface area contributed by atoms with Crippen LogP contribution in [0.3, 0.4) is 0 Å². The van der Waals surface area contributed by atoms with Gasteiger partial charge in [0.25, 0.3) is 0 Å². The first-order valence-corrected chi connectivity index (χ1v) is 7.06. The fraction of sp³-hybridized carbons (Fsp3) is 0.889. The number of carbonyl (C=O) groups excluding carboxylic acids is 1. The van der Waals surface area contributed by atoms with Crippen LogP contribution in [0.25, 0.3) is 0 Å². The van der Waals surface area contributed by atoms with Crippen molar-refractivity contribution >= 4 is 15.9 Å². The van der Waals surface area contributed by atoms with Crippen molar-refractivity contribution in [2.75, 3.05) is 32.0 Å². The van der Waals surface area contributed by atoms with Gasteiger partial charge in [0, 0.05) is 19.5 Å². The van der Waals surface area contributed by atoms with Crippen molar-refractivity contribution < 1.29 is 17.9 Å². The molecule has 16 heavy (non-hydrogen) atoms. The molecule has 1 amide bonds. The molecule has 6 nitrogen and oxygen atoms in total. The zero-order chi connectivity index (χ0) is 11.6. The monoisotopic (exact) mass is 248 g/mol. The average molecular weight is 248 g/mol. The normalized spacial score (nSPS) is 30.4. The predicted molar refractivity (Wildman–Crippen MR) is 57.3 cm³/mol. The van der Waals surface area contributed by atoms with Gasteiger partial charge < -0.3 is 10.1 Å². The number of nitrogens with zero attached hydrogens (tertiary/aromatic N) is 1. The van der Waals surface area contributed by atoms with Gasteiger partial charge in [-0.3, -0.25) is 4.79 Å². The van der Waals surface area contributed by atoms with E-state index in [-0.39, 0.29) is 24.3 Å². The second-order valence-corrected chi connectivity index (χ2v) is 6.05. The predicted octanol–water partition coefficient (Wildman–Crippen LogP) is -1.07. The molecule has 2 fully saturated rings. The van der Waals surface area contributed by atoms with Crippen molar-refractivity contribution in [1.82, 2.24) is 9.62 Å². The lowest BCUT2D eigenvalue weighted by atomic mass is 10.2. The summed E-state index contributed by atoms with van der Waals surface area (Å²) in [5.74, 6) is -0.237. The first-order valence-electron chi connectivity index (χ1n) is 5.45. The first-order chi connectivity index (χ1) is 7.59. The van der Waals surface area contributed by atoms with Crippen LogP contribution in [0.1, 0.15) is 12.8 Å². The Hall–Kier alpha value is -0.660. The summed E-state index contributed by atoms with van der Waals surface area (Å²) in [5, 5.41) is 3.11. The quantitative estimate of drug-likeness (QED) is 0.673. The summed E-state index contributed by atoms with van der Waals surface area (Å²) in [5.41, 5.74) is 0. The first kappa shape index (κ1) is 11.8. The molecule has 92 valence electrons. The molecule has 0 aliphatic carbocycles. The van der Waals surface area contributed by atoms with E-state index in [4.69, 9.17) is 4.74 Å². The number of hydrogen-bond donors (Lipinski definition) is 1. The van der Waals surface area contributed by atoms with Crippen LogP contribution in [0.4, 0.5) is 0 Å². The van der Waals surface area contributed by atoms with E-state index in [9.17, 15) is 13.2 Å². The Morgan fingerprint density at radius 3 is 2.94 bits per heavy atom. The zero-order valence-electron chi connectivity index (χ0n) is 9.02.